The molecule has 0 spiro atoms. The maximum absolute atomic E-state index is 12.9. The molecule has 4 rings (SSSR count). The lowest BCUT2D eigenvalue weighted by Crippen LogP contribution is -2.49. The van der Waals surface area contributed by atoms with Crippen LogP contribution in [0.25, 0.3) is 0 Å². The van der Waals surface area contributed by atoms with Crippen LogP contribution in [0.5, 0.6) is 0 Å². The Hall–Kier alpha value is -2.58. The molecule has 2 aromatic heterocycles. The van der Waals surface area contributed by atoms with Gasteiger partial charge in [0.2, 0.25) is 5.91 Å². The summed E-state index contributed by atoms with van der Waals surface area (Å²) >= 11 is 0. The van der Waals surface area contributed by atoms with Crippen molar-refractivity contribution in [3.63, 3.8) is 0 Å². The first-order valence-electron chi connectivity index (χ1n) is 10.1. The third kappa shape index (κ3) is 4.38. The van der Waals surface area contributed by atoms with Crippen molar-refractivity contribution in [3.8, 4) is 0 Å². The van der Waals surface area contributed by atoms with Crippen LogP contribution in [-0.4, -0.2) is 67.0 Å². The van der Waals surface area contributed by atoms with Crippen molar-refractivity contribution in [2.45, 2.75) is 31.8 Å². The number of nitrogens with one attached hydrogen (secondary N) is 1. The number of hydrogen-bond donors (Lipinski definition) is 1. The fourth-order valence-corrected chi connectivity index (χ4v) is 4.07. The van der Waals surface area contributed by atoms with Crippen LogP contribution >= 0.6 is 0 Å². The lowest BCUT2D eigenvalue weighted by atomic mass is 10.1. The van der Waals surface area contributed by atoms with Crippen LogP contribution in [0.1, 0.15) is 41.0 Å². The maximum Gasteiger partial charge on any atom is 0.290 e. The van der Waals surface area contributed by atoms with Crippen LogP contribution in [0.3, 0.4) is 0 Å². The summed E-state index contributed by atoms with van der Waals surface area (Å²) in [4.78, 5) is 29.5. The van der Waals surface area contributed by atoms with Gasteiger partial charge in [-0.05, 0) is 44.0 Å². The van der Waals surface area contributed by atoms with E-state index >= 15 is 0 Å². The summed E-state index contributed by atoms with van der Waals surface area (Å²) in [5.41, 5.74) is 0. The average molecular weight is 401 g/mol. The summed E-state index contributed by atoms with van der Waals surface area (Å²) in [6.07, 6.45) is 2.92. The van der Waals surface area contributed by atoms with Crippen molar-refractivity contribution >= 4 is 11.8 Å². The van der Waals surface area contributed by atoms with Gasteiger partial charge in [0.15, 0.2) is 5.76 Å². The highest BCUT2D eigenvalue weighted by Gasteiger charge is 2.36. The molecule has 2 fully saturated rings. The minimum absolute atomic E-state index is 0.0628. The summed E-state index contributed by atoms with van der Waals surface area (Å²) in [6.45, 7) is 5.79. The Kier molecular flexibility index (Phi) is 6.01. The molecule has 156 valence electrons. The minimum Gasteiger partial charge on any atom is -0.465 e. The molecule has 1 N–H and O–H groups in total. The van der Waals surface area contributed by atoms with Gasteiger partial charge < -0.3 is 23.8 Å². The molecule has 0 bridgehead atoms. The Balaban J connectivity index is 1.42. The van der Waals surface area contributed by atoms with Crippen LogP contribution in [0.15, 0.2) is 39.4 Å². The average Bonchev–Trinajstić information content (AvgIpc) is 3.50. The van der Waals surface area contributed by atoms with E-state index in [0.29, 0.717) is 32.7 Å². The second-order valence-corrected chi connectivity index (χ2v) is 7.49. The number of furan rings is 2. The standard InChI is InChI=1S/C21H27N3O5/c1-15-6-7-18(29-15)17(23-9-12-27-13-10-23)14-22-20(25)16-4-2-8-24(16)21(26)19-5-3-11-28-19/h3,5-7,11,16-17H,2,4,8-10,12-14H2,1H3,(H,22,25)/t16-,17-/m1/s1. The van der Waals surface area contributed by atoms with Gasteiger partial charge in [0.05, 0.1) is 25.5 Å². The highest BCUT2D eigenvalue weighted by molar-refractivity contribution is 5.95. The molecular formula is C21H27N3O5. The monoisotopic (exact) mass is 401 g/mol. The van der Waals surface area contributed by atoms with E-state index in [1.165, 1.54) is 6.26 Å². The number of aryl methyl sites for hydroxylation is 1. The van der Waals surface area contributed by atoms with E-state index in [0.717, 1.165) is 31.0 Å². The molecule has 0 saturated carbocycles. The van der Waals surface area contributed by atoms with E-state index in [1.54, 1.807) is 17.0 Å². The number of rotatable bonds is 6. The van der Waals surface area contributed by atoms with E-state index in [9.17, 15) is 9.59 Å². The highest BCUT2D eigenvalue weighted by atomic mass is 16.5. The van der Waals surface area contributed by atoms with Gasteiger partial charge in [-0.1, -0.05) is 0 Å². The van der Waals surface area contributed by atoms with Crippen LogP contribution in [0.2, 0.25) is 0 Å². The van der Waals surface area contributed by atoms with E-state index in [2.05, 4.69) is 10.2 Å². The van der Waals surface area contributed by atoms with Gasteiger partial charge in [-0.15, -0.1) is 0 Å². The molecule has 2 amide bonds. The van der Waals surface area contributed by atoms with Crippen molar-refractivity contribution in [2.24, 2.45) is 0 Å². The molecule has 2 aliphatic rings. The molecule has 4 heterocycles. The van der Waals surface area contributed by atoms with E-state index in [4.69, 9.17) is 13.6 Å². The van der Waals surface area contributed by atoms with Gasteiger partial charge in [0.25, 0.3) is 5.91 Å². The Morgan fingerprint density at radius 2 is 2.03 bits per heavy atom. The SMILES string of the molecule is Cc1ccc([C@@H](CNC(=O)[C@H]2CCCN2C(=O)c2ccco2)N2CCOCC2)o1. The van der Waals surface area contributed by atoms with Gasteiger partial charge in [-0.2, -0.15) is 0 Å². The summed E-state index contributed by atoms with van der Waals surface area (Å²) in [7, 11) is 0. The Bertz CT molecular complexity index is 825. The predicted octanol–water partition coefficient (Wildman–Crippen LogP) is 1.98. The first kappa shape index (κ1) is 19.7. The molecule has 0 radical (unpaired) electrons. The molecule has 29 heavy (non-hydrogen) atoms. The molecule has 2 aliphatic heterocycles. The van der Waals surface area contributed by atoms with Gasteiger partial charge in [0, 0.05) is 26.2 Å². The smallest absolute Gasteiger partial charge is 0.290 e. The summed E-state index contributed by atoms with van der Waals surface area (Å²) in [6, 6.07) is 6.67. The fourth-order valence-electron chi connectivity index (χ4n) is 4.07. The number of amides is 2. The number of morpholine rings is 1. The zero-order valence-electron chi connectivity index (χ0n) is 16.6. The second kappa shape index (κ2) is 8.84. The lowest BCUT2D eigenvalue weighted by molar-refractivity contribution is -0.125. The minimum atomic E-state index is -0.476. The Morgan fingerprint density at radius 3 is 2.72 bits per heavy atom. The van der Waals surface area contributed by atoms with E-state index in [-0.39, 0.29) is 23.6 Å². The second-order valence-electron chi connectivity index (χ2n) is 7.49. The molecule has 0 aliphatic carbocycles. The van der Waals surface area contributed by atoms with Crippen LogP contribution in [0.4, 0.5) is 0 Å². The van der Waals surface area contributed by atoms with Crippen molar-refractivity contribution in [1.82, 2.24) is 15.1 Å². The number of hydrogen-bond acceptors (Lipinski definition) is 6. The first-order chi connectivity index (χ1) is 14.1. The molecular weight excluding hydrogens is 374 g/mol. The van der Waals surface area contributed by atoms with Gasteiger partial charge in [0.1, 0.15) is 17.6 Å². The quantitative estimate of drug-likeness (QED) is 0.796. The summed E-state index contributed by atoms with van der Waals surface area (Å²) < 4.78 is 16.5. The molecule has 8 heteroatoms. The molecule has 0 unspecified atom stereocenters. The molecule has 2 atom stereocenters. The number of carbonyl (C=O) groups excluding carboxylic acids is 2. The summed E-state index contributed by atoms with van der Waals surface area (Å²) in [5.74, 6) is 1.57. The van der Waals surface area contributed by atoms with Crippen LogP contribution in [0, 0.1) is 6.92 Å². The number of carbonyl (C=O) groups is 2. The zero-order valence-corrected chi connectivity index (χ0v) is 16.6. The first-order valence-corrected chi connectivity index (χ1v) is 10.1. The molecule has 8 nitrogen and oxygen atoms in total. The van der Waals surface area contributed by atoms with Crippen molar-refractivity contribution < 1.29 is 23.2 Å². The number of ether oxygens (including phenoxy) is 1. The van der Waals surface area contributed by atoms with Crippen molar-refractivity contribution in [1.29, 1.82) is 0 Å². The van der Waals surface area contributed by atoms with Crippen LogP contribution in [-0.2, 0) is 9.53 Å². The normalized spacial score (nSPS) is 21.3. The molecule has 2 saturated heterocycles. The predicted molar refractivity (Wildman–Crippen MR) is 104 cm³/mol. The van der Waals surface area contributed by atoms with Crippen LogP contribution < -0.4 is 5.32 Å². The van der Waals surface area contributed by atoms with E-state index < -0.39 is 6.04 Å². The fraction of sp³-hybridized carbons (Fsp3) is 0.524. The van der Waals surface area contributed by atoms with Gasteiger partial charge in [-0.25, -0.2) is 0 Å². The Labute approximate surface area is 169 Å². The largest absolute Gasteiger partial charge is 0.465 e. The van der Waals surface area contributed by atoms with Crippen molar-refractivity contribution in [2.75, 3.05) is 39.4 Å². The Morgan fingerprint density at radius 1 is 1.21 bits per heavy atom. The van der Waals surface area contributed by atoms with Gasteiger partial charge in [-0.3, -0.25) is 14.5 Å². The third-order valence-corrected chi connectivity index (χ3v) is 5.59. The number of nitrogens with zero attached hydrogens (tertiary/aromatic N) is 2. The highest BCUT2D eigenvalue weighted by Crippen LogP contribution is 2.24. The zero-order chi connectivity index (χ0) is 20.2. The summed E-state index contributed by atoms with van der Waals surface area (Å²) in [5, 5.41) is 3.05. The maximum atomic E-state index is 12.9. The topological polar surface area (TPSA) is 88.2 Å². The van der Waals surface area contributed by atoms with E-state index in [1.807, 2.05) is 19.1 Å². The molecule has 2 aromatic rings. The van der Waals surface area contributed by atoms with Crippen molar-refractivity contribution in [3.05, 3.63) is 47.8 Å². The third-order valence-electron chi connectivity index (χ3n) is 5.59. The van der Waals surface area contributed by atoms with Gasteiger partial charge >= 0.3 is 0 Å². The number of likely N-dealkylation sites (tertiary alicyclic amines) is 1. The molecule has 0 aromatic carbocycles. The lowest BCUT2D eigenvalue weighted by Gasteiger charge is -2.34.